The first-order chi connectivity index (χ1) is 17.4. The van der Waals surface area contributed by atoms with Gasteiger partial charge in [-0.1, -0.05) is 38.1 Å². The van der Waals surface area contributed by atoms with Gasteiger partial charge in [-0.2, -0.15) is 0 Å². The van der Waals surface area contributed by atoms with Crippen molar-refractivity contribution in [1.82, 2.24) is 19.6 Å². The Hall–Kier alpha value is -4.20. The molecule has 8 heteroatoms. The van der Waals surface area contributed by atoms with Crippen molar-refractivity contribution < 1.29 is 19.0 Å². The molecule has 3 heterocycles. The molecule has 4 aromatic rings. The van der Waals surface area contributed by atoms with Gasteiger partial charge >= 0.3 is 0 Å². The van der Waals surface area contributed by atoms with Gasteiger partial charge in [0.25, 0.3) is 0 Å². The summed E-state index contributed by atoms with van der Waals surface area (Å²) >= 11 is 0. The number of Topliss-reactive ketones (excluding diaryl/α,β-unsaturated/α-hetero) is 1. The van der Waals surface area contributed by atoms with E-state index >= 15 is 0 Å². The van der Waals surface area contributed by atoms with Crippen molar-refractivity contribution in [2.24, 2.45) is 5.41 Å². The quantitative estimate of drug-likeness (QED) is 0.406. The second-order valence-electron chi connectivity index (χ2n) is 9.95. The van der Waals surface area contributed by atoms with Gasteiger partial charge in [0.2, 0.25) is 5.88 Å². The van der Waals surface area contributed by atoms with E-state index in [1.807, 2.05) is 48.5 Å². The molecule has 0 radical (unpaired) electrons. The molecular weight excluding hydrogens is 456 g/mol. The van der Waals surface area contributed by atoms with Crippen LogP contribution in [0.2, 0.25) is 0 Å². The number of methoxy groups -OCH3 is 2. The van der Waals surface area contributed by atoms with Crippen molar-refractivity contribution in [3.05, 3.63) is 77.3 Å². The number of aromatic nitrogens is 4. The highest BCUT2D eigenvalue weighted by Crippen LogP contribution is 2.50. The van der Waals surface area contributed by atoms with Crippen LogP contribution in [0.1, 0.15) is 43.7 Å². The smallest absolute Gasteiger partial charge is 0.228 e. The van der Waals surface area contributed by atoms with E-state index in [9.17, 15) is 4.79 Å². The van der Waals surface area contributed by atoms with Crippen molar-refractivity contribution in [2.45, 2.75) is 32.6 Å². The number of hydrogen-bond acceptors (Lipinski definition) is 7. The molecule has 0 saturated carbocycles. The second-order valence-corrected chi connectivity index (χ2v) is 9.95. The minimum atomic E-state index is -0.385. The molecule has 1 aliphatic carbocycles. The molecule has 6 rings (SSSR count). The number of carbonyl (C=O) groups excluding carboxylic acids is 1. The van der Waals surface area contributed by atoms with E-state index in [0.717, 1.165) is 22.4 Å². The number of ether oxygens (including phenoxy) is 3. The van der Waals surface area contributed by atoms with Crippen LogP contribution in [0.3, 0.4) is 0 Å². The summed E-state index contributed by atoms with van der Waals surface area (Å²) in [6.07, 6.45) is 2.71. The number of para-hydroxylation sites is 1. The predicted molar refractivity (Wildman–Crippen MR) is 133 cm³/mol. The average Bonchev–Trinajstić information content (AvgIpc) is 3.31. The zero-order valence-electron chi connectivity index (χ0n) is 20.6. The average molecular weight is 483 g/mol. The number of benzene rings is 2. The number of hydrogen-bond donors (Lipinski definition) is 0. The lowest BCUT2D eigenvalue weighted by Gasteiger charge is -2.37. The highest BCUT2D eigenvalue weighted by atomic mass is 16.5. The first-order valence-corrected chi connectivity index (χ1v) is 11.9. The van der Waals surface area contributed by atoms with Gasteiger partial charge in [-0.25, -0.2) is 14.5 Å². The maximum absolute atomic E-state index is 13.6. The van der Waals surface area contributed by atoms with E-state index in [1.165, 1.54) is 0 Å². The summed E-state index contributed by atoms with van der Waals surface area (Å²) in [4.78, 5) is 23.1. The maximum atomic E-state index is 13.6. The Morgan fingerprint density at radius 1 is 1.03 bits per heavy atom. The van der Waals surface area contributed by atoms with Gasteiger partial charge in [-0.05, 0) is 35.2 Å². The summed E-state index contributed by atoms with van der Waals surface area (Å²) in [5.41, 5.74) is 3.51. The van der Waals surface area contributed by atoms with Crippen LogP contribution in [0.5, 0.6) is 17.4 Å². The summed E-state index contributed by atoms with van der Waals surface area (Å²) in [5, 5.41) is 4.69. The molecule has 2 aromatic carbocycles. The molecule has 0 amide bonds. The second kappa shape index (κ2) is 8.19. The van der Waals surface area contributed by atoms with Crippen molar-refractivity contribution in [3.63, 3.8) is 0 Å². The van der Waals surface area contributed by atoms with Crippen LogP contribution in [0.15, 0.2) is 66.2 Å². The normalized spacial score (nSPS) is 18.4. The molecule has 0 spiro atoms. The molecular formula is C28H26N4O4. The van der Waals surface area contributed by atoms with E-state index in [1.54, 1.807) is 25.1 Å². The molecule has 0 fully saturated rings. The number of carbonyl (C=O) groups is 1. The summed E-state index contributed by atoms with van der Waals surface area (Å²) in [6.45, 7) is 4.18. The summed E-state index contributed by atoms with van der Waals surface area (Å²) in [7, 11) is 3.25. The van der Waals surface area contributed by atoms with E-state index in [-0.39, 0.29) is 17.1 Å². The van der Waals surface area contributed by atoms with Crippen molar-refractivity contribution in [1.29, 1.82) is 0 Å². The highest BCUT2D eigenvalue weighted by molar-refractivity contribution is 6.00. The van der Waals surface area contributed by atoms with Crippen LogP contribution >= 0.6 is 0 Å². The zero-order valence-corrected chi connectivity index (χ0v) is 20.6. The molecule has 0 N–H and O–H groups in total. The Bertz CT molecular complexity index is 1540. The Morgan fingerprint density at radius 2 is 1.81 bits per heavy atom. The molecule has 2 aliphatic rings. The third kappa shape index (κ3) is 3.52. The first kappa shape index (κ1) is 22.3. The van der Waals surface area contributed by atoms with Gasteiger partial charge in [0.1, 0.15) is 23.6 Å². The number of nitrogens with zero attached hydrogens (tertiary/aromatic N) is 4. The number of fused-ring (bicyclic) bond motifs is 3. The standard InChI is InChI=1S/C28H26N4O4/c1-28(2)13-19(33)23-21(14-28)36-27-24(22(23)16-9-11-17(34-3)12-10-16)26-30-25(31-32(26)15-29-27)18-7-5-6-8-20(18)35-4/h5-12,15,22H,13-14H2,1-4H3/t22-/m0/s1. The molecule has 8 nitrogen and oxygen atoms in total. The van der Waals surface area contributed by atoms with Gasteiger partial charge in [-0.15, -0.1) is 5.10 Å². The van der Waals surface area contributed by atoms with Crippen molar-refractivity contribution in [2.75, 3.05) is 14.2 Å². The molecule has 1 atom stereocenters. The van der Waals surface area contributed by atoms with Gasteiger partial charge in [0.15, 0.2) is 17.3 Å². The van der Waals surface area contributed by atoms with Crippen molar-refractivity contribution >= 4 is 11.4 Å². The molecule has 0 saturated heterocycles. The summed E-state index contributed by atoms with van der Waals surface area (Å²) in [6, 6.07) is 15.4. The van der Waals surface area contributed by atoms with E-state index < -0.39 is 0 Å². The fraction of sp³-hybridized carbons (Fsp3) is 0.286. The molecule has 182 valence electrons. The fourth-order valence-electron chi connectivity index (χ4n) is 5.22. The number of rotatable bonds is 4. The monoisotopic (exact) mass is 482 g/mol. The zero-order chi connectivity index (χ0) is 25.0. The SMILES string of the molecule is COc1ccc([C@H]2C3=C(CC(C)(C)CC3=O)Oc3ncn4nc(-c5ccccc5OC)nc4c32)cc1. The lowest BCUT2D eigenvalue weighted by Crippen LogP contribution is -2.33. The van der Waals surface area contributed by atoms with Crippen LogP contribution in [-0.4, -0.2) is 39.6 Å². The third-order valence-corrected chi connectivity index (χ3v) is 6.86. The summed E-state index contributed by atoms with van der Waals surface area (Å²) in [5.74, 6) is 2.76. The summed E-state index contributed by atoms with van der Waals surface area (Å²) < 4.78 is 18.9. The lowest BCUT2D eigenvalue weighted by molar-refractivity contribution is -0.118. The molecule has 1 aliphatic heterocycles. The Balaban J connectivity index is 1.59. The van der Waals surface area contributed by atoms with Gasteiger partial charge in [-0.3, -0.25) is 4.79 Å². The van der Waals surface area contributed by atoms with Crippen LogP contribution < -0.4 is 14.2 Å². The van der Waals surface area contributed by atoms with Crippen molar-refractivity contribution in [3.8, 4) is 28.8 Å². The maximum Gasteiger partial charge on any atom is 0.228 e. The Labute approximate surface area is 208 Å². The molecule has 36 heavy (non-hydrogen) atoms. The molecule has 0 bridgehead atoms. The predicted octanol–water partition coefficient (Wildman–Crippen LogP) is 4.98. The Morgan fingerprint density at radius 3 is 2.56 bits per heavy atom. The van der Waals surface area contributed by atoms with E-state index in [0.29, 0.717) is 47.3 Å². The number of allylic oxidation sites excluding steroid dienone is 2. The highest BCUT2D eigenvalue weighted by Gasteiger charge is 2.44. The lowest BCUT2D eigenvalue weighted by atomic mass is 9.70. The topological polar surface area (TPSA) is 87.8 Å². The van der Waals surface area contributed by atoms with Gasteiger partial charge in [0.05, 0.1) is 25.3 Å². The van der Waals surface area contributed by atoms with Crippen LogP contribution in [0.4, 0.5) is 0 Å². The molecule has 0 unspecified atom stereocenters. The van der Waals surface area contributed by atoms with Gasteiger partial charge < -0.3 is 14.2 Å². The van der Waals surface area contributed by atoms with Gasteiger partial charge in [0, 0.05) is 24.3 Å². The van der Waals surface area contributed by atoms with Crippen LogP contribution in [-0.2, 0) is 4.79 Å². The van der Waals surface area contributed by atoms with Crippen LogP contribution in [0, 0.1) is 5.41 Å². The number of ketones is 1. The fourth-order valence-corrected chi connectivity index (χ4v) is 5.22. The largest absolute Gasteiger partial charge is 0.497 e. The third-order valence-electron chi connectivity index (χ3n) is 6.86. The first-order valence-electron chi connectivity index (χ1n) is 11.9. The molecule has 2 aromatic heterocycles. The van der Waals surface area contributed by atoms with E-state index in [4.69, 9.17) is 19.2 Å². The van der Waals surface area contributed by atoms with Crippen LogP contribution in [0.25, 0.3) is 17.0 Å². The van der Waals surface area contributed by atoms with E-state index in [2.05, 4.69) is 23.9 Å². The Kier molecular flexibility index (Phi) is 5.07. The minimum absolute atomic E-state index is 0.0826. The minimum Gasteiger partial charge on any atom is -0.497 e.